The topological polar surface area (TPSA) is 304 Å². The molecule has 19 heteroatoms. The minimum atomic E-state index is -1.94. The molecule has 19 nitrogen and oxygen atoms in total. The molecule has 294 valence electrons. The van der Waals surface area contributed by atoms with Gasteiger partial charge in [-0.15, -0.1) is 0 Å². The van der Waals surface area contributed by atoms with E-state index in [4.69, 9.17) is 33.2 Å². The maximum atomic E-state index is 12.7. The number of aromatic hydroxyl groups is 3. The molecule has 53 heavy (non-hydrogen) atoms. The molecule has 11 N–H and O–H groups in total. The van der Waals surface area contributed by atoms with Gasteiger partial charge in [0, 0.05) is 6.08 Å². The Morgan fingerprint density at radius 3 is 2.11 bits per heavy atom. The highest BCUT2D eigenvalue weighted by atomic mass is 16.8. The van der Waals surface area contributed by atoms with Crippen LogP contribution in [0.15, 0.2) is 48.5 Å². The zero-order valence-corrected chi connectivity index (χ0v) is 28.0. The first-order valence-corrected chi connectivity index (χ1v) is 16.6. The third kappa shape index (κ3) is 9.98. The van der Waals surface area contributed by atoms with Crippen LogP contribution in [-0.4, -0.2) is 175 Å². The van der Waals surface area contributed by atoms with E-state index in [1.54, 1.807) is 12.1 Å². The molecule has 2 aromatic carbocycles. The summed E-state index contributed by atoms with van der Waals surface area (Å²) in [5, 5.41) is 113. The second-order valence-electron chi connectivity index (χ2n) is 12.7. The van der Waals surface area contributed by atoms with E-state index in [2.05, 4.69) is 0 Å². The Hall–Kier alpha value is -3.51. The highest BCUT2D eigenvalue weighted by Gasteiger charge is 2.54. The van der Waals surface area contributed by atoms with Gasteiger partial charge in [0.15, 0.2) is 30.4 Å². The SMILES string of the molecule is O=C(/C=C/c1ccc(O)cc1)OC[C@H]1O[C@@H](OCCc2ccc(O)c(O)c2)[C@H](O[C@@H]2OC[C@H](O)[C@H](O)[C@H]2O)[C@@H](O[C@@H]2O[C@H](CO)[C@@H](O)[C@H](O)[C@H]2O)[C@@H]1O. The number of ether oxygens (including phenoxy) is 7. The third-order valence-corrected chi connectivity index (χ3v) is 8.91. The maximum Gasteiger partial charge on any atom is 0.330 e. The number of rotatable bonds is 13. The fraction of sp³-hybridized carbons (Fsp3) is 0.559. The van der Waals surface area contributed by atoms with Crippen molar-refractivity contribution in [3.8, 4) is 17.2 Å². The molecule has 0 spiro atoms. The number of hydrogen-bond acceptors (Lipinski definition) is 19. The van der Waals surface area contributed by atoms with Crippen LogP contribution in [0.1, 0.15) is 11.1 Å². The molecule has 0 unspecified atom stereocenters. The third-order valence-electron chi connectivity index (χ3n) is 8.91. The average molecular weight is 757 g/mol. The van der Waals surface area contributed by atoms with E-state index in [0.29, 0.717) is 11.1 Å². The van der Waals surface area contributed by atoms with E-state index in [1.807, 2.05) is 0 Å². The van der Waals surface area contributed by atoms with Crippen LogP contribution in [0.3, 0.4) is 0 Å². The van der Waals surface area contributed by atoms with Crippen molar-refractivity contribution in [1.29, 1.82) is 0 Å². The molecule has 0 aliphatic carbocycles. The van der Waals surface area contributed by atoms with Crippen LogP contribution in [0.2, 0.25) is 0 Å². The van der Waals surface area contributed by atoms with Crippen molar-refractivity contribution in [2.45, 2.75) is 92.4 Å². The Morgan fingerprint density at radius 1 is 0.736 bits per heavy atom. The van der Waals surface area contributed by atoms with E-state index < -0.39 is 112 Å². The first kappa shape index (κ1) is 40.7. The van der Waals surface area contributed by atoms with Crippen LogP contribution in [0, 0.1) is 0 Å². The van der Waals surface area contributed by atoms with Crippen molar-refractivity contribution in [2.24, 2.45) is 0 Å². The number of carbonyl (C=O) groups is 1. The first-order valence-electron chi connectivity index (χ1n) is 16.6. The Labute approximate surface area is 302 Å². The highest BCUT2D eigenvalue weighted by molar-refractivity contribution is 5.87. The predicted octanol–water partition coefficient (Wildman–Crippen LogP) is -3.29. The smallest absolute Gasteiger partial charge is 0.330 e. The summed E-state index contributed by atoms with van der Waals surface area (Å²) in [5.41, 5.74) is 1.07. The van der Waals surface area contributed by atoms with E-state index in [1.165, 1.54) is 36.4 Å². The van der Waals surface area contributed by atoms with Gasteiger partial charge in [0.1, 0.15) is 79.5 Å². The summed E-state index contributed by atoms with van der Waals surface area (Å²) in [7, 11) is 0. The molecule has 3 aliphatic rings. The van der Waals surface area contributed by atoms with Crippen molar-refractivity contribution in [2.75, 3.05) is 26.4 Å². The summed E-state index contributed by atoms with van der Waals surface area (Å²) in [6.45, 7) is -2.10. The van der Waals surface area contributed by atoms with Gasteiger partial charge in [-0.2, -0.15) is 0 Å². The van der Waals surface area contributed by atoms with E-state index in [-0.39, 0.29) is 30.3 Å². The summed E-state index contributed by atoms with van der Waals surface area (Å²) in [4.78, 5) is 12.7. The lowest BCUT2D eigenvalue weighted by atomic mass is 9.96. The van der Waals surface area contributed by atoms with Crippen LogP contribution in [0.4, 0.5) is 0 Å². The molecular weight excluding hydrogens is 712 g/mol. The molecule has 14 atom stereocenters. The minimum absolute atomic E-state index is 0.0206. The first-order chi connectivity index (χ1) is 25.3. The number of carbonyl (C=O) groups excluding carboxylic acids is 1. The maximum absolute atomic E-state index is 12.7. The fourth-order valence-corrected chi connectivity index (χ4v) is 5.83. The standard InChI is InChI=1S/C34H44O19/c35-12-21-25(42)27(44)29(46)33(50-21)52-30-26(43)22(14-48-23(40)8-4-15-1-5-17(36)6-2-15)51-34(47-10-9-16-3-7-18(37)19(38)11-16)31(30)53-32-28(45)24(41)20(39)13-49-32/h1-8,11,20-22,24-39,41-46H,9-10,12-14H2/b8-4+/t20-,21+,22+,24-,25+,26+,27-,28+,29+,30-,31+,32-,33-,34+/m0/s1. The Morgan fingerprint density at radius 2 is 1.42 bits per heavy atom. The summed E-state index contributed by atoms with van der Waals surface area (Å²) < 4.78 is 40.1. The molecule has 5 rings (SSSR count). The largest absolute Gasteiger partial charge is 0.508 e. The van der Waals surface area contributed by atoms with E-state index in [9.17, 15) is 61.0 Å². The summed E-state index contributed by atoms with van der Waals surface area (Å²) in [6.07, 6.45) is -21.2. The van der Waals surface area contributed by atoms with Crippen LogP contribution < -0.4 is 0 Å². The monoisotopic (exact) mass is 756 g/mol. The Bertz CT molecular complexity index is 1510. The molecule has 0 bridgehead atoms. The summed E-state index contributed by atoms with van der Waals surface area (Å²) >= 11 is 0. The number of aliphatic hydroxyl groups excluding tert-OH is 8. The van der Waals surface area contributed by atoms with Crippen molar-refractivity contribution in [1.82, 2.24) is 0 Å². The molecule has 0 radical (unpaired) electrons. The number of esters is 1. The lowest BCUT2D eigenvalue weighted by Gasteiger charge is -2.48. The number of hydrogen-bond donors (Lipinski definition) is 11. The minimum Gasteiger partial charge on any atom is -0.508 e. The molecule has 2 aromatic rings. The second-order valence-corrected chi connectivity index (χ2v) is 12.7. The number of benzene rings is 2. The van der Waals surface area contributed by atoms with Gasteiger partial charge in [-0.25, -0.2) is 4.79 Å². The van der Waals surface area contributed by atoms with Gasteiger partial charge < -0.3 is 89.3 Å². The molecular formula is C34H44O19. The zero-order valence-electron chi connectivity index (χ0n) is 28.0. The number of aliphatic hydroxyl groups is 8. The quantitative estimate of drug-likeness (QED) is 0.0542. The molecule has 3 aliphatic heterocycles. The van der Waals surface area contributed by atoms with Crippen molar-refractivity contribution < 1.29 is 94.1 Å². The second kappa shape index (κ2) is 18.2. The van der Waals surface area contributed by atoms with Gasteiger partial charge in [-0.05, 0) is 47.9 Å². The van der Waals surface area contributed by atoms with Crippen LogP contribution >= 0.6 is 0 Å². The van der Waals surface area contributed by atoms with Gasteiger partial charge in [0.2, 0.25) is 0 Å². The molecule has 0 saturated carbocycles. The fourth-order valence-electron chi connectivity index (χ4n) is 5.83. The lowest BCUT2D eigenvalue weighted by molar-refractivity contribution is -0.386. The number of phenolic OH excluding ortho intramolecular Hbond substituents is 3. The van der Waals surface area contributed by atoms with Gasteiger partial charge in [0.05, 0.1) is 19.8 Å². The molecule has 0 aromatic heterocycles. The summed E-state index contributed by atoms with van der Waals surface area (Å²) in [6, 6.07) is 9.97. The zero-order chi connectivity index (χ0) is 38.4. The molecule has 3 saturated heterocycles. The average Bonchev–Trinajstić information content (AvgIpc) is 3.14. The Balaban J connectivity index is 1.41. The van der Waals surface area contributed by atoms with Gasteiger partial charge >= 0.3 is 5.97 Å². The van der Waals surface area contributed by atoms with Crippen molar-refractivity contribution in [3.63, 3.8) is 0 Å². The lowest BCUT2D eigenvalue weighted by Crippen LogP contribution is -2.66. The predicted molar refractivity (Wildman–Crippen MR) is 173 cm³/mol. The van der Waals surface area contributed by atoms with Crippen LogP contribution in [0.5, 0.6) is 17.2 Å². The number of phenols is 3. The van der Waals surface area contributed by atoms with E-state index in [0.717, 1.165) is 6.08 Å². The van der Waals surface area contributed by atoms with Crippen molar-refractivity contribution >= 4 is 12.0 Å². The van der Waals surface area contributed by atoms with Crippen LogP contribution in [0.25, 0.3) is 6.08 Å². The van der Waals surface area contributed by atoms with Gasteiger partial charge in [0.25, 0.3) is 0 Å². The normalized spacial score (nSPS) is 36.4. The van der Waals surface area contributed by atoms with Crippen molar-refractivity contribution in [3.05, 3.63) is 59.7 Å². The summed E-state index contributed by atoms with van der Waals surface area (Å²) in [5.74, 6) is -1.59. The van der Waals surface area contributed by atoms with E-state index >= 15 is 0 Å². The van der Waals surface area contributed by atoms with Gasteiger partial charge in [-0.3, -0.25) is 0 Å². The molecule has 3 fully saturated rings. The molecule has 0 amide bonds. The van der Waals surface area contributed by atoms with Crippen LogP contribution in [-0.2, 0) is 44.4 Å². The molecule has 3 heterocycles. The van der Waals surface area contributed by atoms with Gasteiger partial charge in [-0.1, -0.05) is 18.2 Å². The Kier molecular flexibility index (Phi) is 14.0. The highest BCUT2D eigenvalue weighted by Crippen LogP contribution is 2.34.